The molecule has 8 heteroatoms. The summed E-state index contributed by atoms with van der Waals surface area (Å²) < 4.78 is 4.99. The Morgan fingerprint density at radius 3 is 2.17 bits per heavy atom. The second-order valence-corrected chi connectivity index (χ2v) is 7.42. The van der Waals surface area contributed by atoms with Gasteiger partial charge in [0.05, 0.1) is 18.3 Å². The Kier molecular flexibility index (Phi) is 6.41. The van der Waals surface area contributed by atoms with Crippen molar-refractivity contribution in [2.24, 2.45) is 11.8 Å². The molecule has 0 bridgehead atoms. The van der Waals surface area contributed by atoms with Gasteiger partial charge in [-0.3, -0.25) is 28.9 Å². The van der Waals surface area contributed by atoms with Gasteiger partial charge in [0, 0.05) is 24.7 Å². The van der Waals surface area contributed by atoms with Crippen LogP contribution in [0.5, 0.6) is 0 Å². The number of ketones is 1. The number of fused-ring (bicyclic) bond motifs is 1. The third kappa shape index (κ3) is 4.88. The molecule has 1 aliphatic heterocycles. The number of carbonyl (C=O) groups is 5. The van der Waals surface area contributed by atoms with Crippen LogP contribution in [-0.4, -0.2) is 47.5 Å². The van der Waals surface area contributed by atoms with E-state index < -0.39 is 12.6 Å². The smallest absolute Gasteiger partial charge is 0.308 e. The lowest BCUT2D eigenvalue weighted by Crippen LogP contribution is -2.33. The summed E-state index contributed by atoms with van der Waals surface area (Å²) in [7, 11) is 0. The molecule has 1 aromatic rings. The summed E-state index contributed by atoms with van der Waals surface area (Å²) >= 11 is 0. The Morgan fingerprint density at radius 1 is 1.03 bits per heavy atom. The molecule has 1 aromatic carbocycles. The molecule has 1 saturated heterocycles. The van der Waals surface area contributed by atoms with E-state index in [0.29, 0.717) is 11.3 Å². The Labute approximate surface area is 168 Å². The van der Waals surface area contributed by atoms with Crippen LogP contribution in [0.1, 0.15) is 49.4 Å². The van der Waals surface area contributed by atoms with Gasteiger partial charge in [-0.1, -0.05) is 12.8 Å². The van der Waals surface area contributed by atoms with Gasteiger partial charge in [0.2, 0.25) is 17.7 Å². The number of hydrogen-bond acceptors (Lipinski definition) is 6. The minimum atomic E-state index is -0.635. The molecule has 1 heterocycles. The number of ether oxygens (including phenoxy) is 1. The maximum Gasteiger partial charge on any atom is 0.308 e. The van der Waals surface area contributed by atoms with Crippen LogP contribution in [0.15, 0.2) is 24.3 Å². The fourth-order valence-corrected chi connectivity index (χ4v) is 3.90. The predicted molar refractivity (Wildman–Crippen MR) is 103 cm³/mol. The third-order valence-electron chi connectivity index (χ3n) is 5.36. The number of amides is 3. The number of hydrogen-bond donors (Lipinski definition) is 1. The summed E-state index contributed by atoms with van der Waals surface area (Å²) in [6.07, 6.45) is 3.22. The molecule has 2 fully saturated rings. The zero-order chi connectivity index (χ0) is 21.0. The molecule has 3 amide bonds. The van der Waals surface area contributed by atoms with E-state index in [1.54, 1.807) is 12.1 Å². The third-order valence-corrected chi connectivity index (χ3v) is 5.36. The van der Waals surface area contributed by atoms with Gasteiger partial charge in [0.25, 0.3) is 0 Å². The molecule has 8 nitrogen and oxygen atoms in total. The van der Waals surface area contributed by atoms with Crippen LogP contribution in [0.25, 0.3) is 0 Å². The quantitative estimate of drug-likeness (QED) is 0.425. The molecule has 3 rings (SSSR count). The summed E-state index contributed by atoms with van der Waals surface area (Å²) in [5, 5.41) is 2.59. The second-order valence-electron chi connectivity index (χ2n) is 7.42. The lowest BCUT2D eigenvalue weighted by Gasteiger charge is -2.19. The number of Topliss-reactive ketones (excluding diaryl/α,β-unsaturated/α-hetero) is 1. The van der Waals surface area contributed by atoms with Gasteiger partial charge in [-0.25, -0.2) is 0 Å². The van der Waals surface area contributed by atoms with E-state index in [9.17, 15) is 24.0 Å². The fourth-order valence-electron chi connectivity index (χ4n) is 3.90. The van der Waals surface area contributed by atoms with Crippen LogP contribution in [0, 0.1) is 11.8 Å². The zero-order valence-corrected chi connectivity index (χ0v) is 16.3. The second kappa shape index (κ2) is 8.98. The van der Waals surface area contributed by atoms with E-state index in [4.69, 9.17) is 4.74 Å². The molecule has 0 unspecified atom stereocenters. The van der Waals surface area contributed by atoms with E-state index in [-0.39, 0.29) is 48.3 Å². The lowest BCUT2D eigenvalue weighted by molar-refractivity contribution is -0.145. The van der Waals surface area contributed by atoms with Crippen LogP contribution < -0.4 is 5.32 Å². The van der Waals surface area contributed by atoms with Gasteiger partial charge >= 0.3 is 5.97 Å². The largest absolute Gasteiger partial charge is 0.457 e. The SMILES string of the molecule is CC(=O)Nc1ccc(C(=O)COC(=O)CCN2C(=O)[C@H]3CCCC[C@@H]3C2=O)cc1. The average Bonchev–Trinajstić information content (AvgIpc) is 2.95. The average molecular weight is 400 g/mol. The molecule has 0 radical (unpaired) electrons. The molecule has 2 aliphatic rings. The molecule has 1 saturated carbocycles. The predicted octanol–water partition coefficient (Wildman–Crippen LogP) is 1.94. The number of benzene rings is 1. The number of nitrogens with zero attached hydrogens (tertiary/aromatic N) is 1. The van der Waals surface area contributed by atoms with E-state index in [1.807, 2.05) is 0 Å². The zero-order valence-electron chi connectivity index (χ0n) is 16.3. The highest BCUT2D eigenvalue weighted by atomic mass is 16.5. The molecule has 1 aliphatic carbocycles. The number of esters is 1. The Hall–Kier alpha value is -3.03. The first-order chi connectivity index (χ1) is 13.9. The first-order valence-electron chi connectivity index (χ1n) is 9.78. The summed E-state index contributed by atoms with van der Waals surface area (Å²) in [5.41, 5.74) is 0.910. The van der Waals surface area contributed by atoms with Crippen molar-refractivity contribution in [3.05, 3.63) is 29.8 Å². The highest BCUT2D eigenvalue weighted by molar-refractivity contribution is 6.05. The molecule has 1 N–H and O–H groups in total. The standard InChI is InChI=1S/C21H24N2O6/c1-13(24)22-15-8-6-14(7-9-15)18(25)12-29-19(26)10-11-23-20(27)16-4-2-3-5-17(16)21(23)28/h6-9,16-17H,2-5,10-12H2,1H3,(H,22,24)/t16-,17-/m0/s1. The van der Waals surface area contributed by atoms with Gasteiger partial charge in [-0.2, -0.15) is 0 Å². The molecule has 0 spiro atoms. The Balaban J connectivity index is 1.45. The van der Waals surface area contributed by atoms with E-state index in [2.05, 4.69) is 5.32 Å². The lowest BCUT2D eigenvalue weighted by atomic mass is 9.81. The number of nitrogens with one attached hydrogen (secondary N) is 1. The summed E-state index contributed by atoms with van der Waals surface area (Å²) in [6, 6.07) is 6.23. The fraction of sp³-hybridized carbons (Fsp3) is 0.476. The van der Waals surface area contributed by atoms with Crippen molar-refractivity contribution >= 4 is 35.2 Å². The first-order valence-corrected chi connectivity index (χ1v) is 9.78. The maximum atomic E-state index is 12.4. The van der Waals surface area contributed by atoms with Gasteiger partial charge in [-0.15, -0.1) is 0 Å². The van der Waals surface area contributed by atoms with Crippen molar-refractivity contribution < 1.29 is 28.7 Å². The number of likely N-dealkylation sites (tertiary alicyclic amines) is 1. The minimum Gasteiger partial charge on any atom is -0.457 e. The molecule has 29 heavy (non-hydrogen) atoms. The number of carbonyl (C=O) groups excluding carboxylic acids is 5. The summed E-state index contributed by atoms with van der Waals surface area (Å²) in [6.45, 7) is 0.949. The van der Waals surface area contributed by atoms with Crippen molar-refractivity contribution in [3.8, 4) is 0 Å². The summed E-state index contributed by atoms with van der Waals surface area (Å²) in [5.74, 6) is -2.10. The molecular formula is C21H24N2O6. The molecule has 0 aromatic heterocycles. The van der Waals surface area contributed by atoms with E-state index in [0.717, 1.165) is 25.7 Å². The topological polar surface area (TPSA) is 110 Å². The van der Waals surface area contributed by atoms with Crippen LogP contribution >= 0.6 is 0 Å². The maximum absolute atomic E-state index is 12.4. The van der Waals surface area contributed by atoms with E-state index in [1.165, 1.54) is 24.0 Å². The highest BCUT2D eigenvalue weighted by Crippen LogP contribution is 2.37. The molecule has 154 valence electrons. The Morgan fingerprint density at radius 2 is 1.62 bits per heavy atom. The van der Waals surface area contributed by atoms with Crippen LogP contribution in [0.2, 0.25) is 0 Å². The van der Waals surface area contributed by atoms with Gasteiger partial charge in [0.1, 0.15) is 0 Å². The van der Waals surface area contributed by atoms with Crippen molar-refractivity contribution in [2.75, 3.05) is 18.5 Å². The van der Waals surface area contributed by atoms with E-state index >= 15 is 0 Å². The van der Waals surface area contributed by atoms with Crippen molar-refractivity contribution in [2.45, 2.75) is 39.0 Å². The minimum absolute atomic E-state index is 0.0108. The van der Waals surface area contributed by atoms with Crippen LogP contribution in [-0.2, 0) is 23.9 Å². The number of imide groups is 1. The highest BCUT2D eigenvalue weighted by Gasteiger charge is 2.47. The molecular weight excluding hydrogens is 376 g/mol. The van der Waals surface area contributed by atoms with Crippen molar-refractivity contribution in [1.82, 2.24) is 4.90 Å². The van der Waals surface area contributed by atoms with Gasteiger partial charge in [-0.05, 0) is 37.1 Å². The Bertz CT molecular complexity index is 808. The summed E-state index contributed by atoms with van der Waals surface area (Å²) in [4.78, 5) is 61.0. The van der Waals surface area contributed by atoms with Gasteiger partial charge in [0.15, 0.2) is 12.4 Å². The molecule has 2 atom stereocenters. The van der Waals surface area contributed by atoms with Crippen LogP contribution in [0.3, 0.4) is 0 Å². The normalized spacial score (nSPS) is 20.9. The number of rotatable bonds is 7. The van der Waals surface area contributed by atoms with Gasteiger partial charge < -0.3 is 10.1 Å². The van der Waals surface area contributed by atoms with Crippen molar-refractivity contribution in [1.29, 1.82) is 0 Å². The van der Waals surface area contributed by atoms with Crippen molar-refractivity contribution in [3.63, 3.8) is 0 Å². The monoisotopic (exact) mass is 400 g/mol. The first kappa shape index (κ1) is 20.7. The van der Waals surface area contributed by atoms with Crippen LogP contribution in [0.4, 0.5) is 5.69 Å². The number of anilines is 1.